The van der Waals surface area contributed by atoms with Crippen molar-refractivity contribution in [3.05, 3.63) is 29.8 Å². The average Bonchev–Trinajstić information content (AvgIpc) is 2.32. The molecule has 1 heterocycles. The van der Waals surface area contributed by atoms with Crippen molar-refractivity contribution < 1.29 is 9.59 Å². The van der Waals surface area contributed by atoms with Gasteiger partial charge in [-0.05, 0) is 11.6 Å². The number of benzene rings is 1. The fourth-order valence-corrected chi connectivity index (χ4v) is 2.05. The number of carbonyl (C=O) groups excluding carboxylic acids is 2. The maximum absolute atomic E-state index is 11.8. The van der Waals surface area contributed by atoms with E-state index in [1.807, 2.05) is 24.3 Å². The van der Waals surface area contributed by atoms with Crippen molar-refractivity contribution in [2.24, 2.45) is 5.73 Å². The number of anilines is 1. The van der Waals surface area contributed by atoms with Crippen LogP contribution in [0.3, 0.4) is 0 Å². The molecule has 17 heavy (non-hydrogen) atoms. The molecule has 5 heteroatoms. The molecule has 1 atom stereocenters. The number of nitrogens with one attached hydrogen (secondary N) is 1. The number of hydrogen-bond acceptors (Lipinski definition) is 3. The Hall–Kier alpha value is -1.88. The van der Waals surface area contributed by atoms with Crippen LogP contribution in [0.2, 0.25) is 0 Å². The molecule has 1 aliphatic rings. The van der Waals surface area contributed by atoms with Crippen molar-refractivity contribution in [2.45, 2.75) is 12.5 Å². The summed E-state index contributed by atoms with van der Waals surface area (Å²) in [7, 11) is 1.76. The molecular formula is C12H15N3O2. The molecule has 0 radical (unpaired) electrons. The van der Waals surface area contributed by atoms with E-state index in [2.05, 4.69) is 5.32 Å². The molecule has 0 fully saturated rings. The Morgan fingerprint density at radius 3 is 2.94 bits per heavy atom. The number of primary amides is 1. The number of nitrogens with two attached hydrogens (primary N) is 1. The van der Waals surface area contributed by atoms with Crippen LogP contribution in [0.4, 0.5) is 5.69 Å². The third kappa shape index (κ3) is 2.29. The highest BCUT2D eigenvalue weighted by atomic mass is 16.2. The molecule has 0 saturated carbocycles. The van der Waals surface area contributed by atoms with E-state index in [-0.39, 0.29) is 18.5 Å². The molecule has 1 unspecified atom stereocenters. The van der Waals surface area contributed by atoms with Gasteiger partial charge in [0, 0.05) is 25.2 Å². The van der Waals surface area contributed by atoms with E-state index >= 15 is 0 Å². The minimum atomic E-state index is -0.422. The monoisotopic (exact) mass is 233 g/mol. The van der Waals surface area contributed by atoms with Gasteiger partial charge in [-0.25, -0.2) is 0 Å². The summed E-state index contributed by atoms with van der Waals surface area (Å²) in [6.45, 7) is 0.0794. The highest BCUT2D eigenvalue weighted by molar-refractivity contribution is 5.96. The van der Waals surface area contributed by atoms with E-state index in [0.717, 1.165) is 11.3 Å². The predicted octanol–water partition coefficient (Wildman–Crippen LogP) is 0.169. The zero-order valence-electron chi connectivity index (χ0n) is 9.64. The second kappa shape index (κ2) is 4.55. The zero-order valence-corrected chi connectivity index (χ0v) is 9.64. The van der Waals surface area contributed by atoms with Crippen molar-refractivity contribution in [1.29, 1.82) is 0 Å². The van der Waals surface area contributed by atoms with Crippen molar-refractivity contribution in [3.8, 4) is 0 Å². The standard InChI is InChI=1S/C12H15N3O2/c1-15-10-5-3-2-4-8(10)9(6-12(15)17)14-7-11(13)16/h2-5,9,14H,6-7H2,1H3,(H2,13,16). The Morgan fingerprint density at radius 1 is 1.53 bits per heavy atom. The van der Waals surface area contributed by atoms with E-state index in [1.165, 1.54) is 0 Å². The molecule has 2 amide bonds. The maximum Gasteiger partial charge on any atom is 0.231 e. The summed E-state index contributed by atoms with van der Waals surface area (Å²) in [4.78, 5) is 24.2. The number of rotatable bonds is 3. The molecule has 1 aromatic rings. The fourth-order valence-electron chi connectivity index (χ4n) is 2.05. The lowest BCUT2D eigenvalue weighted by Crippen LogP contribution is -2.40. The van der Waals surface area contributed by atoms with E-state index in [9.17, 15) is 9.59 Å². The SMILES string of the molecule is CN1C(=O)CC(NCC(N)=O)c2ccccc21. The van der Waals surface area contributed by atoms with Crippen LogP contribution in [0.25, 0.3) is 0 Å². The van der Waals surface area contributed by atoms with Crippen LogP contribution in [0.1, 0.15) is 18.0 Å². The molecule has 0 aromatic heterocycles. The van der Waals surface area contributed by atoms with Gasteiger partial charge in [-0.3, -0.25) is 9.59 Å². The topological polar surface area (TPSA) is 75.4 Å². The first kappa shape index (κ1) is 11.6. The molecule has 5 nitrogen and oxygen atoms in total. The van der Waals surface area contributed by atoms with E-state index in [1.54, 1.807) is 11.9 Å². The summed E-state index contributed by atoms with van der Waals surface area (Å²) in [5.41, 5.74) is 7.00. The van der Waals surface area contributed by atoms with Crippen LogP contribution in [0.5, 0.6) is 0 Å². The van der Waals surface area contributed by atoms with Crippen LogP contribution >= 0.6 is 0 Å². The lowest BCUT2D eigenvalue weighted by molar-refractivity contribution is -0.120. The highest BCUT2D eigenvalue weighted by Gasteiger charge is 2.28. The third-order valence-corrected chi connectivity index (χ3v) is 2.95. The molecule has 0 saturated heterocycles. The summed E-state index contributed by atoms with van der Waals surface area (Å²) >= 11 is 0. The highest BCUT2D eigenvalue weighted by Crippen LogP contribution is 2.32. The van der Waals surface area contributed by atoms with Crippen LogP contribution in [-0.4, -0.2) is 25.4 Å². The maximum atomic E-state index is 11.8. The Kier molecular flexibility index (Phi) is 3.10. The van der Waals surface area contributed by atoms with Crippen LogP contribution in [0, 0.1) is 0 Å². The Morgan fingerprint density at radius 2 is 2.24 bits per heavy atom. The second-order valence-corrected chi connectivity index (χ2v) is 4.12. The Balaban J connectivity index is 2.27. The smallest absolute Gasteiger partial charge is 0.231 e. The van der Waals surface area contributed by atoms with Gasteiger partial charge in [0.05, 0.1) is 6.54 Å². The van der Waals surface area contributed by atoms with E-state index in [4.69, 9.17) is 5.73 Å². The molecule has 0 spiro atoms. The van der Waals surface area contributed by atoms with Gasteiger partial charge < -0.3 is 16.0 Å². The minimum Gasteiger partial charge on any atom is -0.369 e. The lowest BCUT2D eigenvalue weighted by atomic mass is 9.96. The first-order valence-corrected chi connectivity index (χ1v) is 5.46. The molecule has 90 valence electrons. The summed E-state index contributed by atoms with van der Waals surface area (Å²) in [6.07, 6.45) is 0.348. The third-order valence-electron chi connectivity index (χ3n) is 2.95. The van der Waals surface area contributed by atoms with Gasteiger partial charge in [-0.15, -0.1) is 0 Å². The van der Waals surface area contributed by atoms with Gasteiger partial charge in [0.25, 0.3) is 0 Å². The van der Waals surface area contributed by atoms with Crippen molar-refractivity contribution in [1.82, 2.24) is 5.32 Å². The lowest BCUT2D eigenvalue weighted by Gasteiger charge is -2.31. The molecule has 0 bridgehead atoms. The Bertz CT molecular complexity index is 459. The minimum absolute atomic E-state index is 0.0330. The molecular weight excluding hydrogens is 218 g/mol. The van der Waals surface area contributed by atoms with E-state index < -0.39 is 5.91 Å². The summed E-state index contributed by atoms with van der Waals surface area (Å²) < 4.78 is 0. The first-order valence-electron chi connectivity index (χ1n) is 5.46. The largest absolute Gasteiger partial charge is 0.369 e. The second-order valence-electron chi connectivity index (χ2n) is 4.12. The van der Waals surface area contributed by atoms with Crippen LogP contribution < -0.4 is 16.0 Å². The molecule has 3 N–H and O–H groups in total. The molecule has 0 aliphatic carbocycles. The number of hydrogen-bond donors (Lipinski definition) is 2. The quantitative estimate of drug-likeness (QED) is 0.781. The van der Waals surface area contributed by atoms with Gasteiger partial charge in [-0.1, -0.05) is 18.2 Å². The van der Waals surface area contributed by atoms with Crippen LogP contribution in [-0.2, 0) is 9.59 Å². The van der Waals surface area contributed by atoms with Crippen molar-refractivity contribution in [2.75, 3.05) is 18.5 Å². The van der Waals surface area contributed by atoms with Crippen LogP contribution in [0.15, 0.2) is 24.3 Å². The molecule has 1 aliphatic heterocycles. The van der Waals surface area contributed by atoms with Gasteiger partial charge in [0.1, 0.15) is 0 Å². The number of fused-ring (bicyclic) bond motifs is 1. The van der Waals surface area contributed by atoms with Crippen molar-refractivity contribution in [3.63, 3.8) is 0 Å². The fraction of sp³-hybridized carbons (Fsp3) is 0.333. The van der Waals surface area contributed by atoms with Crippen molar-refractivity contribution >= 4 is 17.5 Å². The van der Waals surface area contributed by atoms with Gasteiger partial charge in [0.2, 0.25) is 11.8 Å². The summed E-state index contributed by atoms with van der Waals surface area (Å²) in [5.74, 6) is -0.389. The molecule has 1 aromatic carbocycles. The molecule has 2 rings (SSSR count). The number of carbonyl (C=O) groups is 2. The van der Waals surface area contributed by atoms with Gasteiger partial charge in [0.15, 0.2) is 0 Å². The van der Waals surface area contributed by atoms with Gasteiger partial charge in [-0.2, -0.15) is 0 Å². The predicted molar refractivity (Wildman–Crippen MR) is 64.4 cm³/mol. The summed E-state index contributed by atoms with van der Waals surface area (Å²) in [6, 6.07) is 7.52. The first-order chi connectivity index (χ1) is 8.09. The average molecular weight is 233 g/mol. The number of amides is 2. The number of nitrogens with zero attached hydrogens (tertiary/aromatic N) is 1. The normalized spacial score (nSPS) is 19.0. The van der Waals surface area contributed by atoms with Gasteiger partial charge >= 0.3 is 0 Å². The number of para-hydroxylation sites is 1. The Labute approximate surface area is 99.6 Å². The zero-order chi connectivity index (χ0) is 12.4. The van der Waals surface area contributed by atoms with E-state index in [0.29, 0.717) is 6.42 Å². The summed E-state index contributed by atoms with van der Waals surface area (Å²) in [5, 5.41) is 3.01.